The van der Waals surface area contributed by atoms with Gasteiger partial charge in [-0.15, -0.1) is 0 Å². The second kappa shape index (κ2) is 6.55. The zero-order valence-corrected chi connectivity index (χ0v) is 14.0. The second-order valence-corrected chi connectivity index (χ2v) is 6.64. The maximum absolute atomic E-state index is 12.9. The predicted molar refractivity (Wildman–Crippen MR) is 94.5 cm³/mol. The first-order chi connectivity index (χ1) is 11.7. The number of carbonyl (C=O) groups excluding carboxylic acids is 1. The highest BCUT2D eigenvalue weighted by Gasteiger charge is 2.41. The van der Waals surface area contributed by atoms with Gasteiger partial charge < -0.3 is 10.1 Å². The third-order valence-corrected chi connectivity index (χ3v) is 5.02. The van der Waals surface area contributed by atoms with Crippen molar-refractivity contribution in [2.24, 2.45) is 0 Å². The number of benzene rings is 2. The van der Waals surface area contributed by atoms with Gasteiger partial charge >= 0.3 is 0 Å². The molecule has 2 atom stereocenters. The lowest BCUT2D eigenvalue weighted by Crippen LogP contribution is -2.54. The van der Waals surface area contributed by atoms with Crippen LogP contribution in [0, 0.1) is 0 Å². The van der Waals surface area contributed by atoms with Gasteiger partial charge in [0.2, 0.25) is 5.91 Å². The first-order valence-electron chi connectivity index (χ1n) is 8.21. The van der Waals surface area contributed by atoms with Crippen LogP contribution in [0.3, 0.4) is 0 Å². The Balaban J connectivity index is 1.83. The SMILES string of the molecule is O=C1Nc2ccc(Cl)cc2[C@@H](c2ccccc2)[C@H]1N1CCOCC1. The number of ether oxygens (including phenoxy) is 1. The standard InChI is InChI=1S/C19H19ClN2O2/c20-14-6-7-16-15(12-14)17(13-4-2-1-3-5-13)18(19(23)21-16)22-8-10-24-11-9-22/h1-7,12,17-18H,8-11H2,(H,21,23)/t17-,18-/m1/s1. The molecule has 2 aliphatic rings. The van der Waals surface area contributed by atoms with E-state index < -0.39 is 0 Å². The Labute approximate surface area is 146 Å². The van der Waals surface area contributed by atoms with Crippen LogP contribution in [0.4, 0.5) is 5.69 Å². The van der Waals surface area contributed by atoms with Crippen LogP contribution in [0.15, 0.2) is 48.5 Å². The molecule has 1 fully saturated rings. The molecular formula is C19H19ClN2O2. The van der Waals surface area contributed by atoms with Crippen molar-refractivity contribution in [2.45, 2.75) is 12.0 Å². The van der Waals surface area contributed by atoms with Crippen molar-refractivity contribution >= 4 is 23.2 Å². The fraction of sp³-hybridized carbons (Fsp3) is 0.316. The Hall–Kier alpha value is -1.88. The molecule has 124 valence electrons. The number of halogens is 1. The highest BCUT2D eigenvalue weighted by atomic mass is 35.5. The molecule has 1 N–H and O–H groups in total. The van der Waals surface area contributed by atoms with E-state index in [1.54, 1.807) is 0 Å². The van der Waals surface area contributed by atoms with Crippen LogP contribution in [-0.2, 0) is 9.53 Å². The molecule has 0 aliphatic carbocycles. The smallest absolute Gasteiger partial charge is 0.242 e. The summed E-state index contributed by atoms with van der Waals surface area (Å²) in [5.41, 5.74) is 3.06. The third kappa shape index (κ3) is 2.81. The summed E-state index contributed by atoms with van der Waals surface area (Å²) >= 11 is 6.25. The van der Waals surface area contributed by atoms with Gasteiger partial charge in [0.25, 0.3) is 0 Å². The van der Waals surface area contributed by atoms with Crippen LogP contribution < -0.4 is 5.32 Å². The zero-order valence-electron chi connectivity index (χ0n) is 13.2. The van der Waals surface area contributed by atoms with Crippen molar-refractivity contribution < 1.29 is 9.53 Å². The molecule has 0 unspecified atom stereocenters. The van der Waals surface area contributed by atoms with Gasteiger partial charge in [-0.05, 0) is 29.3 Å². The van der Waals surface area contributed by atoms with Crippen LogP contribution >= 0.6 is 11.6 Å². The van der Waals surface area contributed by atoms with E-state index in [2.05, 4.69) is 22.3 Å². The van der Waals surface area contributed by atoms with Crippen LogP contribution in [-0.4, -0.2) is 43.2 Å². The summed E-state index contributed by atoms with van der Waals surface area (Å²) in [7, 11) is 0. The van der Waals surface area contributed by atoms with Crippen LogP contribution in [0.1, 0.15) is 17.0 Å². The molecule has 1 saturated heterocycles. The van der Waals surface area contributed by atoms with E-state index in [1.807, 2.05) is 36.4 Å². The van der Waals surface area contributed by atoms with Crippen molar-refractivity contribution in [1.29, 1.82) is 0 Å². The summed E-state index contributed by atoms with van der Waals surface area (Å²) in [5, 5.41) is 3.74. The number of amides is 1. The number of hydrogen-bond acceptors (Lipinski definition) is 3. The van der Waals surface area contributed by atoms with Crippen LogP contribution in [0.25, 0.3) is 0 Å². The minimum absolute atomic E-state index is 0.0354. The molecule has 0 radical (unpaired) electrons. The lowest BCUT2D eigenvalue weighted by Gasteiger charge is -2.41. The topological polar surface area (TPSA) is 41.6 Å². The Morgan fingerprint density at radius 3 is 2.58 bits per heavy atom. The van der Waals surface area contributed by atoms with E-state index in [0.29, 0.717) is 18.2 Å². The molecule has 0 saturated carbocycles. The lowest BCUT2D eigenvalue weighted by atomic mass is 9.80. The number of anilines is 1. The molecule has 4 rings (SSSR count). The molecular weight excluding hydrogens is 324 g/mol. The Kier molecular flexibility index (Phi) is 4.27. The molecule has 2 heterocycles. The quantitative estimate of drug-likeness (QED) is 0.911. The minimum Gasteiger partial charge on any atom is -0.379 e. The first kappa shape index (κ1) is 15.6. The van der Waals surface area contributed by atoms with Crippen LogP contribution in [0.2, 0.25) is 5.02 Å². The van der Waals surface area contributed by atoms with Gasteiger partial charge in [-0.3, -0.25) is 9.69 Å². The summed E-state index contributed by atoms with van der Waals surface area (Å²) < 4.78 is 5.46. The number of morpholine rings is 1. The molecule has 2 aromatic carbocycles. The predicted octanol–water partition coefficient (Wildman–Crippen LogP) is 3.12. The van der Waals surface area contributed by atoms with Gasteiger partial charge in [-0.1, -0.05) is 41.9 Å². The highest BCUT2D eigenvalue weighted by molar-refractivity contribution is 6.30. The minimum atomic E-state index is -0.248. The van der Waals surface area contributed by atoms with Gasteiger partial charge in [-0.25, -0.2) is 0 Å². The third-order valence-electron chi connectivity index (χ3n) is 4.79. The molecule has 0 aromatic heterocycles. The molecule has 24 heavy (non-hydrogen) atoms. The van der Waals surface area contributed by atoms with E-state index >= 15 is 0 Å². The van der Waals surface area contributed by atoms with Crippen molar-refractivity contribution in [3.05, 3.63) is 64.7 Å². The van der Waals surface area contributed by atoms with Gasteiger partial charge in [0.05, 0.1) is 13.2 Å². The molecule has 4 nitrogen and oxygen atoms in total. The summed E-state index contributed by atoms with van der Waals surface area (Å²) in [4.78, 5) is 15.1. The highest BCUT2D eigenvalue weighted by Crippen LogP contribution is 2.40. The van der Waals surface area contributed by atoms with Crippen molar-refractivity contribution in [3.8, 4) is 0 Å². The van der Waals surface area contributed by atoms with Crippen molar-refractivity contribution in [1.82, 2.24) is 4.90 Å². The summed E-state index contributed by atoms with van der Waals surface area (Å²) in [6, 6.07) is 15.6. The first-order valence-corrected chi connectivity index (χ1v) is 8.59. The normalized spacial score (nSPS) is 24.3. The summed E-state index contributed by atoms with van der Waals surface area (Å²) in [5.74, 6) is 0.00678. The van der Waals surface area contributed by atoms with Crippen LogP contribution in [0.5, 0.6) is 0 Å². The fourth-order valence-electron chi connectivity index (χ4n) is 3.69. The monoisotopic (exact) mass is 342 g/mol. The average molecular weight is 343 g/mol. The van der Waals surface area contributed by atoms with E-state index in [-0.39, 0.29) is 17.9 Å². The molecule has 5 heteroatoms. The number of nitrogens with zero attached hydrogens (tertiary/aromatic N) is 1. The van der Waals surface area contributed by atoms with Gasteiger partial charge in [0.1, 0.15) is 6.04 Å². The number of nitrogens with one attached hydrogen (secondary N) is 1. The number of hydrogen-bond donors (Lipinski definition) is 1. The average Bonchev–Trinajstić information content (AvgIpc) is 2.62. The van der Waals surface area contributed by atoms with Crippen molar-refractivity contribution in [2.75, 3.05) is 31.6 Å². The second-order valence-electron chi connectivity index (χ2n) is 6.20. The summed E-state index contributed by atoms with van der Waals surface area (Å²) in [6.45, 7) is 2.84. The summed E-state index contributed by atoms with van der Waals surface area (Å²) in [6.07, 6.45) is 0. The fourth-order valence-corrected chi connectivity index (χ4v) is 3.87. The van der Waals surface area contributed by atoms with Gasteiger partial charge in [-0.2, -0.15) is 0 Å². The Morgan fingerprint density at radius 2 is 1.83 bits per heavy atom. The van der Waals surface area contributed by atoms with E-state index in [1.165, 1.54) is 0 Å². The largest absolute Gasteiger partial charge is 0.379 e. The van der Waals surface area contributed by atoms with E-state index in [9.17, 15) is 4.79 Å². The van der Waals surface area contributed by atoms with Crippen molar-refractivity contribution in [3.63, 3.8) is 0 Å². The maximum atomic E-state index is 12.9. The Morgan fingerprint density at radius 1 is 1.08 bits per heavy atom. The molecule has 2 aliphatic heterocycles. The molecule has 2 aromatic rings. The van der Waals surface area contributed by atoms with Gasteiger partial charge in [0.15, 0.2) is 0 Å². The van der Waals surface area contributed by atoms with E-state index in [4.69, 9.17) is 16.3 Å². The Bertz CT molecular complexity index is 744. The number of rotatable bonds is 2. The lowest BCUT2D eigenvalue weighted by molar-refractivity contribution is -0.124. The molecule has 0 bridgehead atoms. The zero-order chi connectivity index (χ0) is 16.5. The van der Waals surface area contributed by atoms with E-state index in [0.717, 1.165) is 29.9 Å². The number of fused-ring (bicyclic) bond motifs is 1. The maximum Gasteiger partial charge on any atom is 0.242 e. The number of carbonyl (C=O) groups is 1. The molecule has 0 spiro atoms. The molecule has 1 amide bonds. The van der Waals surface area contributed by atoms with Gasteiger partial charge in [0, 0.05) is 29.7 Å².